The summed E-state index contributed by atoms with van der Waals surface area (Å²) in [4.78, 5) is 0. The fraction of sp³-hybridized carbons (Fsp3) is 0.529. The normalized spacial score (nSPS) is 18.4. The van der Waals surface area contributed by atoms with Gasteiger partial charge in [0.25, 0.3) is 0 Å². The predicted octanol–water partition coefficient (Wildman–Crippen LogP) is 1.92. The molecule has 8 heteroatoms. The molecule has 1 aromatic carbocycles. The molecule has 2 atom stereocenters. The molecule has 2 heterocycles. The topological polar surface area (TPSA) is 78.6 Å². The molecule has 1 aliphatic rings. The average molecular weight is 365 g/mol. The van der Waals surface area contributed by atoms with Crippen LogP contribution < -0.4 is 4.74 Å². The van der Waals surface area contributed by atoms with E-state index in [0.29, 0.717) is 17.5 Å². The molecule has 0 amide bonds. The van der Waals surface area contributed by atoms with E-state index in [-0.39, 0.29) is 12.7 Å². The number of para-hydroxylation sites is 2. The van der Waals surface area contributed by atoms with Gasteiger partial charge in [-0.3, -0.25) is 4.57 Å². The lowest BCUT2D eigenvalue weighted by atomic mass is 10.2. The maximum absolute atomic E-state index is 10.1. The van der Waals surface area contributed by atoms with Crippen LogP contribution in [0, 0.1) is 0 Å². The van der Waals surface area contributed by atoms with Gasteiger partial charge in [-0.1, -0.05) is 23.9 Å². The standard InChI is InChI=1S/C17H23N3O4S/c1-22-16-7-3-2-6-15(16)20-12-18-19-17(20)25-11-13(21)9-23-10-14-5-4-8-24-14/h2-3,6-7,12-14,21H,4-5,8-11H2,1H3/t13-,14-/m0/s1. The van der Waals surface area contributed by atoms with Crippen molar-refractivity contribution in [3.05, 3.63) is 30.6 Å². The van der Waals surface area contributed by atoms with Crippen molar-refractivity contribution in [3.63, 3.8) is 0 Å². The second kappa shape index (κ2) is 9.19. The molecule has 0 aliphatic carbocycles. The van der Waals surface area contributed by atoms with Gasteiger partial charge >= 0.3 is 0 Å². The van der Waals surface area contributed by atoms with Crippen molar-refractivity contribution in [2.75, 3.05) is 32.7 Å². The van der Waals surface area contributed by atoms with E-state index in [2.05, 4.69) is 10.2 Å². The quantitative estimate of drug-likeness (QED) is 0.680. The highest BCUT2D eigenvalue weighted by atomic mass is 32.2. The van der Waals surface area contributed by atoms with Gasteiger partial charge in [-0.15, -0.1) is 10.2 Å². The largest absolute Gasteiger partial charge is 0.495 e. The van der Waals surface area contributed by atoms with Crippen molar-refractivity contribution in [3.8, 4) is 11.4 Å². The maximum Gasteiger partial charge on any atom is 0.195 e. The number of hydrogen-bond donors (Lipinski definition) is 1. The van der Waals surface area contributed by atoms with Gasteiger partial charge in [0.1, 0.15) is 12.1 Å². The van der Waals surface area contributed by atoms with Crippen LogP contribution in [0.1, 0.15) is 12.8 Å². The summed E-state index contributed by atoms with van der Waals surface area (Å²) in [6, 6.07) is 7.67. The zero-order valence-corrected chi connectivity index (χ0v) is 15.0. The zero-order valence-electron chi connectivity index (χ0n) is 14.2. The Balaban J connectivity index is 1.51. The van der Waals surface area contributed by atoms with Crippen molar-refractivity contribution in [2.24, 2.45) is 0 Å². The lowest BCUT2D eigenvalue weighted by Crippen LogP contribution is -2.22. The van der Waals surface area contributed by atoms with E-state index in [1.54, 1.807) is 13.4 Å². The summed E-state index contributed by atoms with van der Waals surface area (Å²) in [6.07, 6.45) is 3.36. The number of methoxy groups -OCH3 is 1. The van der Waals surface area contributed by atoms with E-state index in [9.17, 15) is 5.11 Å². The predicted molar refractivity (Wildman–Crippen MR) is 94.4 cm³/mol. The Morgan fingerprint density at radius 2 is 2.32 bits per heavy atom. The number of rotatable bonds is 9. The first-order valence-electron chi connectivity index (χ1n) is 8.31. The van der Waals surface area contributed by atoms with Gasteiger partial charge < -0.3 is 19.3 Å². The Hall–Kier alpha value is -1.61. The molecule has 0 saturated carbocycles. The summed E-state index contributed by atoms with van der Waals surface area (Å²) in [5.74, 6) is 1.21. The Kier molecular flexibility index (Phi) is 6.69. The number of aliphatic hydroxyl groups is 1. The van der Waals surface area contributed by atoms with Crippen LogP contribution in [-0.4, -0.2) is 64.8 Å². The molecule has 1 saturated heterocycles. The van der Waals surface area contributed by atoms with Crippen molar-refractivity contribution in [1.29, 1.82) is 0 Å². The van der Waals surface area contributed by atoms with Crippen molar-refractivity contribution >= 4 is 11.8 Å². The summed E-state index contributed by atoms with van der Waals surface area (Å²) in [5, 5.41) is 18.9. The smallest absolute Gasteiger partial charge is 0.195 e. The van der Waals surface area contributed by atoms with E-state index in [1.165, 1.54) is 11.8 Å². The van der Waals surface area contributed by atoms with Crippen LogP contribution in [0.25, 0.3) is 5.69 Å². The monoisotopic (exact) mass is 365 g/mol. The molecule has 1 N–H and O–H groups in total. The van der Waals surface area contributed by atoms with Gasteiger partial charge in [0, 0.05) is 12.4 Å². The third-order valence-electron chi connectivity index (χ3n) is 3.90. The molecular formula is C17H23N3O4S. The summed E-state index contributed by atoms with van der Waals surface area (Å²) in [6.45, 7) is 1.64. The third-order valence-corrected chi connectivity index (χ3v) is 4.99. The van der Waals surface area contributed by atoms with Gasteiger partial charge in [-0.05, 0) is 25.0 Å². The van der Waals surface area contributed by atoms with Gasteiger partial charge in [-0.2, -0.15) is 0 Å². The summed E-state index contributed by atoms with van der Waals surface area (Å²) in [5.41, 5.74) is 0.863. The Labute approximate surface area is 151 Å². The molecular weight excluding hydrogens is 342 g/mol. The van der Waals surface area contributed by atoms with Gasteiger partial charge in [-0.25, -0.2) is 0 Å². The molecule has 25 heavy (non-hydrogen) atoms. The molecule has 7 nitrogen and oxygen atoms in total. The first-order valence-corrected chi connectivity index (χ1v) is 9.30. The Morgan fingerprint density at radius 1 is 1.44 bits per heavy atom. The van der Waals surface area contributed by atoms with Crippen LogP contribution in [0.5, 0.6) is 5.75 Å². The lowest BCUT2D eigenvalue weighted by Gasteiger charge is -2.14. The molecule has 0 unspecified atom stereocenters. The van der Waals surface area contributed by atoms with E-state index >= 15 is 0 Å². The van der Waals surface area contributed by atoms with E-state index in [1.807, 2.05) is 28.8 Å². The van der Waals surface area contributed by atoms with E-state index in [4.69, 9.17) is 14.2 Å². The maximum atomic E-state index is 10.1. The Morgan fingerprint density at radius 3 is 3.12 bits per heavy atom. The van der Waals surface area contributed by atoms with Crippen LogP contribution in [0.4, 0.5) is 0 Å². The molecule has 0 bridgehead atoms. The van der Waals surface area contributed by atoms with Gasteiger partial charge in [0.2, 0.25) is 0 Å². The van der Waals surface area contributed by atoms with Crippen LogP contribution in [0.3, 0.4) is 0 Å². The molecule has 136 valence electrons. The molecule has 1 aromatic heterocycles. The van der Waals surface area contributed by atoms with Crippen LogP contribution in [-0.2, 0) is 9.47 Å². The van der Waals surface area contributed by atoms with Crippen LogP contribution in [0.2, 0.25) is 0 Å². The molecule has 1 aliphatic heterocycles. The molecule has 1 fully saturated rings. The molecule has 0 spiro atoms. The number of thioether (sulfide) groups is 1. The number of benzene rings is 1. The molecule has 2 aromatic rings. The number of hydrogen-bond acceptors (Lipinski definition) is 7. The second-order valence-electron chi connectivity index (χ2n) is 5.79. The lowest BCUT2D eigenvalue weighted by molar-refractivity contribution is -0.0114. The van der Waals surface area contributed by atoms with Crippen molar-refractivity contribution < 1.29 is 19.3 Å². The fourth-order valence-corrected chi connectivity index (χ4v) is 3.47. The minimum Gasteiger partial charge on any atom is -0.495 e. The number of aliphatic hydroxyl groups excluding tert-OH is 1. The SMILES string of the molecule is COc1ccccc1-n1cnnc1SC[C@@H](O)COC[C@@H]1CCCO1. The Bertz CT molecular complexity index is 661. The highest BCUT2D eigenvalue weighted by molar-refractivity contribution is 7.99. The van der Waals surface area contributed by atoms with Crippen molar-refractivity contribution in [2.45, 2.75) is 30.2 Å². The van der Waals surface area contributed by atoms with Gasteiger partial charge in [0.05, 0.1) is 38.2 Å². The van der Waals surface area contributed by atoms with Gasteiger partial charge in [0.15, 0.2) is 5.16 Å². The first-order chi connectivity index (χ1) is 12.3. The minimum atomic E-state index is -0.575. The van der Waals surface area contributed by atoms with Crippen molar-refractivity contribution in [1.82, 2.24) is 14.8 Å². The fourth-order valence-electron chi connectivity index (χ4n) is 2.65. The molecule has 3 rings (SSSR count). The summed E-state index contributed by atoms with van der Waals surface area (Å²) in [7, 11) is 1.63. The average Bonchev–Trinajstić information content (AvgIpc) is 3.31. The number of aromatic nitrogens is 3. The number of nitrogens with zero attached hydrogens (tertiary/aromatic N) is 3. The second-order valence-corrected chi connectivity index (χ2v) is 6.78. The number of ether oxygens (including phenoxy) is 3. The first kappa shape index (κ1) is 18.2. The molecule has 0 radical (unpaired) electrons. The third kappa shape index (κ3) is 4.94. The van der Waals surface area contributed by atoms with Crippen LogP contribution >= 0.6 is 11.8 Å². The minimum absolute atomic E-state index is 0.175. The van der Waals surface area contributed by atoms with Crippen LogP contribution in [0.15, 0.2) is 35.7 Å². The highest BCUT2D eigenvalue weighted by Gasteiger charge is 2.17. The zero-order chi connectivity index (χ0) is 17.5. The van der Waals surface area contributed by atoms with E-state index in [0.717, 1.165) is 30.9 Å². The highest BCUT2D eigenvalue weighted by Crippen LogP contribution is 2.26. The summed E-state index contributed by atoms with van der Waals surface area (Å²) < 4.78 is 18.3. The summed E-state index contributed by atoms with van der Waals surface area (Å²) >= 11 is 1.43. The van der Waals surface area contributed by atoms with E-state index < -0.39 is 6.10 Å².